The van der Waals surface area contributed by atoms with Crippen molar-refractivity contribution in [2.75, 3.05) is 4.90 Å². The molecule has 0 N–H and O–H groups in total. The van der Waals surface area contributed by atoms with E-state index >= 15 is 0 Å². The molecule has 0 radical (unpaired) electrons. The summed E-state index contributed by atoms with van der Waals surface area (Å²) in [7, 11) is 0. The first-order valence-electron chi connectivity index (χ1n) is 19.7. The molecule has 0 amide bonds. The standard InChI is InChI=1S/C55H47N/c1-7-14-37(15-8-2)38-20-22-39(23-21-38)40-24-29-44(30-25-40)56(43-16-10-9-11-17-43)45-31-26-41(27-32-45)42-28-33-51-47(34-42)49-36-52-48(35-53(49)55(51,5)6)46-18-12-13-19-50(46)54(52,3)4/h7-36H,1H2,2-6H3/b15-8-,37-14+. The van der Waals surface area contributed by atoms with Crippen LogP contribution in [0.25, 0.3) is 50.1 Å². The Balaban J connectivity index is 1.03. The van der Waals surface area contributed by atoms with Crippen LogP contribution in [-0.4, -0.2) is 0 Å². The minimum atomic E-state index is -0.0720. The third kappa shape index (κ3) is 5.78. The Morgan fingerprint density at radius 1 is 0.464 bits per heavy atom. The molecule has 0 saturated carbocycles. The van der Waals surface area contributed by atoms with Gasteiger partial charge >= 0.3 is 0 Å². The third-order valence-electron chi connectivity index (χ3n) is 12.2. The summed E-state index contributed by atoms with van der Waals surface area (Å²) in [6.07, 6.45) is 8.06. The van der Waals surface area contributed by atoms with E-state index in [0.29, 0.717) is 0 Å². The van der Waals surface area contributed by atoms with E-state index in [4.69, 9.17) is 0 Å². The highest BCUT2D eigenvalue weighted by Crippen LogP contribution is 2.56. The number of hydrogen-bond acceptors (Lipinski definition) is 1. The van der Waals surface area contributed by atoms with E-state index in [9.17, 15) is 0 Å². The topological polar surface area (TPSA) is 3.24 Å². The second-order valence-corrected chi connectivity index (χ2v) is 16.2. The van der Waals surface area contributed by atoms with Crippen molar-refractivity contribution in [2.45, 2.75) is 45.4 Å². The van der Waals surface area contributed by atoms with Crippen molar-refractivity contribution >= 4 is 22.6 Å². The molecule has 0 unspecified atom stereocenters. The number of hydrogen-bond donors (Lipinski definition) is 0. The lowest BCUT2D eigenvalue weighted by Gasteiger charge is -2.26. The second-order valence-electron chi connectivity index (χ2n) is 16.2. The van der Waals surface area contributed by atoms with Gasteiger partial charge in [0, 0.05) is 27.9 Å². The summed E-state index contributed by atoms with van der Waals surface area (Å²) in [4.78, 5) is 2.34. The number of nitrogens with zero attached hydrogens (tertiary/aromatic N) is 1. The minimum Gasteiger partial charge on any atom is -0.311 e. The fraction of sp³-hybridized carbons (Fsp3) is 0.127. The van der Waals surface area contributed by atoms with Gasteiger partial charge in [-0.2, -0.15) is 0 Å². The van der Waals surface area contributed by atoms with Gasteiger partial charge in [0.1, 0.15) is 0 Å². The summed E-state index contributed by atoms with van der Waals surface area (Å²) in [5.74, 6) is 0. The van der Waals surface area contributed by atoms with E-state index in [1.54, 1.807) is 0 Å². The third-order valence-corrected chi connectivity index (χ3v) is 12.2. The average Bonchev–Trinajstić information content (AvgIpc) is 3.59. The van der Waals surface area contributed by atoms with Crippen molar-refractivity contribution < 1.29 is 0 Å². The largest absolute Gasteiger partial charge is 0.311 e. The van der Waals surface area contributed by atoms with Crippen molar-refractivity contribution in [3.63, 3.8) is 0 Å². The first-order chi connectivity index (χ1) is 27.2. The van der Waals surface area contributed by atoms with Crippen LogP contribution in [0.1, 0.15) is 62.4 Å². The van der Waals surface area contributed by atoms with Crippen LogP contribution in [-0.2, 0) is 10.8 Å². The van der Waals surface area contributed by atoms with Gasteiger partial charge in [-0.1, -0.05) is 162 Å². The van der Waals surface area contributed by atoms with Crippen molar-refractivity contribution in [3.05, 3.63) is 216 Å². The Hall–Kier alpha value is -6.44. The fourth-order valence-corrected chi connectivity index (χ4v) is 9.16. The quantitative estimate of drug-likeness (QED) is 0.141. The van der Waals surface area contributed by atoms with Gasteiger partial charge in [0.15, 0.2) is 0 Å². The zero-order valence-corrected chi connectivity index (χ0v) is 33.0. The Kier molecular flexibility index (Phi) is 8.63. The van der Waals surface area contributed by atoms with Crippen LogP contribution < -0.4 is 4.90 Å². The molecule has 7 aromatic rings. The summed E-state index contributed by atoms with van der Waals surface area (Å²) in [5.41, 5.74) is 21.6. The molecule has 0 saturated heterocycles. The van der Waals surface area contributed by atoms with Gasteiger partial charge < -0.3 is 4.90 Å². The highest BCUT2D eigenvalue weighted by Gasteiger charge is 2.41. The number of benzene rings is 7. The van der Waals surface area contributed by atoms with Crippen LogP contribution in [0, 0.1) is 0 Å². The van der Waals surface area contributed by atoms with Gasteiger partial charge in [-0.3, -0.25) is 0 Å². The molecule has 1 nitrogen and oxygen atoms in total. The predicted molar refractivity (Wildman–Crippen MR) is 240 cm³/mol. The van der Waals surface area contributed by atoms with Gasteiger partial charge in [0.25, 0.3) is 0 Å². The Morgan fingerprint density at radius 3 is 1.52 bits per heavy atom. The van der Waals surface area contributed by atoms with Crippen molar-refractivity contribution in [1.82, 2.24) is 0 Å². The summed E-state index contributed by atoms with van der Waals surface area (Å²) in [5, 5.41) is 0. The van der Waals surface area contributed by atoms with Crippen molar-refractivity contribution in [1.29, 1.82) is 0 Å². The number of allylic oxidation sites excluding steroid dienone is 5. The van der Waals surface area contributed by atoms with E-state index in [-0.39, 0.29) is 10.8 Å². The maximum absolute atomic E-state index is 3.88. The molecular weight excluding hydrogens is 675 g/mol. The minimum absolute atomic E-state index is 0.0304. The molecule has 2 aliphatic carbocycles. The molecule has 9 rings (SSSR count). The lowest BCUT2D eigenvalue weighted by Crippen LogP contribution is -2.16. The van der Waals surface area contributed by atoms with E-state index in [1.807, 2.05) is 19.1 Å². The molecule has 2 aliphatic rings. The van der Waals surface area contributed by atoms with Gasteiger partial charge in [-0.05, 0) is 139 Å². The summed E-state index contributed by atoms with van der Waals surface area (Å²) < 4.78 is 0. The van der Waals surface area contributed by atoms with Gasteiger partial charge in [-0.25, -0.2) is 0 Å². The SMILES string of the molecule is C=C/C=C(\C=C/C)c1ccc(-c2ccc(N(c3ccccc3)c3ccc(-c4ccc5c(c4)-c4cc6c(cc4C5(C)C)-c4ccccc4C6(C)C)cc3)cc2)cc1. The predicted octanol–water partition coefficient (Wildman–Crippen LogP) is 15.2. The van der Waals surface area contributed by atoms with E-state index < -0.39 is 0 Å². The molecule has 7 aromatic carbocycles. The summed E-state index contributed by atoms with van der Waals surface area (Å²) in [6.45, 7) is 15.4. The zero-order valence-electron chi connectivity index (χ0n) is 33.0. The number of para-hydroxylation sites is 1. The first-order valence-corrected chi connectivity index (χ1v) is 19.7. The van der Waals surface area contributed by atoms with E-state index in [1.165, 1.54) is 72.3 Å². The molecule has 0 atom stereocenters. The molecule has 0 bridgehead atoms. The highest BCUT2D eigenvalue weighted by atomic mass is 15.1. The van der Waals surface area contributed by atoms with E-state index in [2.05, 4.69) is 209 Å². The number of anilines is 3. The average molecular weight is 722 g/mol. The number of fused-ring (bicyclic) bond motifs is 6. The maximum Gasteiger partial charge on any atom is 0.0462 e. The van der Waals surface area contributed by atoms with Crippen molar-refractivity contribution in [3.8, 4) is 44.5 Å². The normalized spacial score (nSPS) is 14.6. The molecule has 1 heteroatoms. The molecule has 272 valence electrons. The molecule has 0 aliphatic heterocycles. The Bertz CT molecular complexity index is 2670. The van der Waals surface area contributed by atoms with Crippen LogP contribution in [0.4, 0.5) is 17.1 Å². The molecule has 0 fully saturated rings. The lowest BCUT2D eigenvalue weighted by molar-refractivity contribution is 0.652. The fourth-order valence-electron chi connectivity index (χ4n) is 9.16. The zero-order chi connectivity index (χ0) is 38.6. The van der Waals surface area contributed by atoms with Crippen LogP contribution in [0.3, 0.4) is 0 Å². The van der Waals surface area contributed by atoms with Gasteiger partial charge in [0.05, 0.1) is 0 Å². The molecule has 56 heavy (non-hydrogen) atoms. The van der Waals surface area contributed by atoms with Crippen LogP contribution in [0.5, 0.6) is 0 Å². The summed E-state index contributed by atoms with van der Waals surface area (Å²) in [6, 6.07) is 58.4. The van der Waals surface area contributed by atoms with Gasteiger partial charge in [0.2, 0.25) is 0 Å². The van der Waals surface area contributed by atoms with Crippen LogP contribution >= 0.6 is 0 Å². The van der Waals surface area contributed by atoms with Crippen molar-refractivity contribution in [2.24, 2.45) is 0 Å². The van der Waals surface area contributed by atoms with Gasteiger partial charge in [-0.15, -0.1) is 0 Å². The summed E-state index contributed by atoms with van der Waals surface area (Å²) >= 11 is 0. The van der Waals surface area contributed by atoms with Crippen LogP contribution in [0.2, 0.25) is 0 Å². The Morgan fingerprint density at radius 2 is 0.929 bits per heavy atom. The second kappa shape index (κ2) is 13.7. The molecule has 0 spiro atoms. The monoisotopic (exact) mass is 721 g/mol. The highest BCUT2D eigenvalue weighted by molar-refractivity contribution is 5.91. The molecule has 0 heterocycles. The molecule has 0 aromatic heterocycles. The lowest BCUT2D eigenvalue weighted by atomic mass is 9.79. The van der Waals surface area contributed by atoms with Crippen LogP contribution in [0.15, 0.2) is 189 Å². The first kappa shape index (κ1) is 35.3. The maximum atomic E-state index is 3.88. The number of rotatable bonds is 8. The smallest absolute Gasteiger partial charge is 0.0462 e. The molecular formula is C55H47N. The Labute approximate surface area is 332 Å². The van der Waals surface area contributed by atoms with E-state index in [0.717, 1.165) is 22.6 Å².